The van der Waals surface area contributed by atoms with Crippen molar-refractivity contribution in [1.29, 1.82) is 0 Å². The van der Waals surface area contributed by atoms with E-state index in [4.69, 9.17) is 15.6 Å². The summed E-state index contributed by atoms with van der Waals surface area (Å²) in [6, 6.07) is -1.04. The topological polar surface area (TPSA) is 148 Å². The van der Waals surface area contributed by atoms with Gasteiger partial charge in [0, 0.05) is 5.92 Å². The number of nitrogens with two attached hydrogens (primary N) is 1. The molecule has 0 spiro atoms. The maximum atomic E-state index is 12.2. The number of esters is 1. The number of carbonyl (C=O) groups excluding carboxylic acids is 3. The molecule has 0 radical (unpaired) electrons. The zero-order valence-electron chi connectivity index (χ0n) is 14.0. The van der Waals surface area contributed by atoms with Crippen LogP contribution in [-0.4, -0.2) is 46.7 Å². The lowest BCUT2D eigenvalue weighted by Crippen LogP contribution is -2.67. The van der Waals surface area contributed by atoms with Crippen LogP contribution in [0.25, 0.3) is 0 Å². The van der Waals surface area contributed by atoms with Gasteiger partial charge in [-0.25, -0.2) is 4.79 Å². The molecule has 0 unspecified atom stereocenters. The molecular weight excluding hydrogens is 306 g/mol. The van der Waals surface area contributed by atoms with Crippen LogP contribution < -0.4 is 16.4 Å². The van der Waals surface area contributed by atoms with Gasteiger partial charge in [0.1, 0.15) is 6.04 Å². The number of amides is 2. The van der Waals surface area contributed by atoms with E-state index >= 15 is 0 Å². The van der Waals surface area contributed by atoms with Crippen molar-refractivity contribution in [3.63, 3.8) is 0 Å². The maximum absolute atomic E-state index is 12.2. The van der Waals surface area contributed by atoms with Crippen LogP contribution in [0, 0.1) is 5.92 Å². The lowest BCUT2D eigenvalue weighted by Gasteiger charge is -2.29. The van der Waals surface area contributed by atoms with Crippen molar-refractivity contribution in [3.8, 4) is 0 Å². The third-order valence-electron chi connectivity index (χ3n) is 2.76. The minimum absolute atomic E-state index is 0.371. The normalized spacial score (nSPS) is 14.8. The number of ether oxygens (including phenoxy) is 1. The van der Waals surface area contributed by atoms with Crippen LogP contribution >= 0.6 is 0 Å². The Hall–Kier alpha value is -2.16. The number of carboxylic acids is 1. The summed E-state index contributed by atoms with van der Waals surface area (Å²) in [4.78, 5) is 46.6. The van der Waals surface area contributed by atoms with Crippen molar-refractivity contribution in [2.24, 2.45) is 11.7 Å². The quantitative estimate of drug-likeness (QED) is 0.341. The van der Waals surface area contributed by atoms with Crippen LogP contribution in [0.4, 0.5) is 0 Å². The molecule has 0 aromatic heterocycles. The molecule has 0 bridgehead atoms. The maximum Gasteiger partial charge on any atom is 0.328 e. The molecule has 9 heteroatoms. The highest BCUT2D eigenvalue weighted by Gasteiger charge is 2.40. The zero-order valence-corrected chi connectivity index (χ0v) is 14.0. The number of nitrogens with one attached hydrogen (secondary N) is 2. The highest BCUT2D eigenvalue weighted by molar-refractivity contribution is 5.96. The van der Waals surface area contributed by atoms with Crippen molar-refractivity contribution < 1.29 is 29.0 Å². The van der Waals surface area contributed by atoms with E-state index in [9.17, 15) is 19.2 Å². The molecule has 0 saturated heterocycles. The van der Waals surface area contributed by atoms with Crippen molar-refractivity contribution >= 4 is 23.8 Å². The Morgan fingerprint density at radius 1 is 1.13 bits per heavy atom. The molecule has 0 fully saturated rings. The Labute approximate surface area is 134 Å². The molecule has 0 heterocycles. The van der Waals surface area contributed by atoms with Crippen LogP contribution in [0.1, 0.15) is 41.0 Å². The van der Waals surface area contributed by atoms with Crippen molar-refractivity contribution in [2.45, 2.75) is 58.8 Å². The van der Waals surface area contributed by atoms with Gasteiger partial charge in [0.15, 0.2) is 5.66 Å². The van der Waals surface area contributed by atoms with Crippen molar-refractivity contribution in [3.05, 3.63) is 0 Å². The Bertz CT molecular complexity index is 477. The Kier molecular flexibility index (Phi) is 7.67. The van der Waals surface area contributed by atoms with Crippen molar-refractivity contribution in [1.82, 2.24) is 10.6 Å². The fourth-order valence-corrected chi connectivity index (χ4v) is 1.50. The Balaban J connectivity index is 5.10. The molecule has 2 atom stereocenters. The summed E-state index contributed by atoms with van der Waals surface area (Å²) in [5.41, 5.74) is 3.59. The molecule has 0 aromatic carbocycles. The number of carboxylic acid groups (broad SMARTS) is 1. The van der Waals surface area contributed by atoms with Crippen LogP contribution in [-0.2, 0) is 23.9 Å². The van der Waals surface area contributed by atoms with E-state index in [1.165, 1.54) is 6.92 Å². The van der Waals surface area contributed by atoms with Crippen LogP contribution in [0.5, 0.6) is 0 Å². The van der Waals surface area contributed by atoms with Crippen LogP contribution in [0.2, 0.25) is 0 Å². The van der Waals surface area contributed by atoms with Gasteiger partial charge >= 0.3 is 11.9 Å². The van der Waals surface area contributed by atoms with Gasteiger partial charge < -0.3 is 26.2 Å². The Morgan fingerprint density at radius 2 is 1.65 bits per heavy atom. The lowest BCUT2D eigenvalue weighted by atomic mass is 10.0. The van der Waals surface area contributed by atoms with Gasteiger partial charge in [0.2, 0.25) is 5.91 Å². The van der Waals surface area contributed by atoms with Crippen molar-refractivity contribution in [2.75, 3.05) is 0 Å². The highest BCUT2D eigenvalue weighted by atomic mass is 16.5. The molecule has 23 heavy (non-hydrogen) atoms. The summed E-state index contributed by atoms with van der Waals surface area (Å²) in [5, 5.41) is 13.4. The third-order valence-corrected chi connectivity index (χ3v) is 2.76. The van der Waals surface area contributed by atoms with Crippen LogP contribution in [0.3, 0.4) is 0 Å². The second kappa shape index (κ2) is 8.47. The number of hydrogen-bond donors (Lipinski definition) is 4. The molecular formula is C14H25N3O6. The van der Waals surface area contributed by atoms with Gasteiger partial charge in [0.05, 0.1) is 12.5 Å². The Morgan fingerprint density at radius 3 is 2.04 bits per heavy atom. The van der Waals surface area contributed by atoms with Gasteiger partial charge in [-0.15, -0.1) is 0 Å². The number of carbonyl (C=O) groups is 4. The smallest absolute Gasteiger partial charge is 0.328 e. The summed E-state index contributed by atoms with van der Waals surface area (Å²) in [6.45, 7) is 7.79. The van der Waals surface area contributed by atoms with Crippen LogP contribution in [0.15, 0.2) is 0 Å². The molecule has 2 amide bonds. The summed E-state index contributed by atoms with van der Waals surface area (Å²) >= 11 is 0. The molecule has 0 aliphatic heterocycles. The second-order valence-electron chi connectivity index (χ2n) is 5.87. The SMILES string of the molecule is CC(C)OC(=O)[C@@H](C)NC(=O)[C@](N)(CC(=O)O)NC(=O)C(C)C. The summed E-state index contributed by atoms with van der Waals surface area (Å²) < 4.78 is 4.93. The molecule has 0 aliphatic rings. The number of hydrogen-bond acceptors (Lipinski definition) is 6. The summed E-state index contributed by atoms with van der Waals surface area (Å²) in [7, 11) is 0. The van der Waals surface area contributed by atoms with E-state index in [1.54, 1.807) is 27.7 Å². The van der Waals surface area contributed by atoms with E-state index in [1.807, 2.05) is 0 Å². The summed E-state index contributed by atoms with van der Waals surface area (Å²) in [6.07, 6.45) is -1.20. The highest BCUT2D eigenvalue weighted by Crippen LogP contribution is 2.07. The van der Waals surface area contributed by atoms with Gasteiger partial charge in [0.25, 0.3) is 5.91 Å². The molecule has 0 aromatic rings. The predicted octanol–water partition coefficient (Wildman–Crippen LogP) is -0.655. The first-order chi connectivity index (χ1) is 10.4. The summed E-state index contributed by atoms with van der Waals surface area (Å²) in [5.74, 6) is -4.13. The third kappa shape index (κ3) is 7.09. The molecule has 0 aliphatic carbocycles. The molecule has 0 saturated carbocycles. The van der Waals surface area contributed by atoms with E-state index in [2.05, 4.69) is 10.6 Å². The average Bonchev–Trinajstić information content (AvgIpc) is 2.36. The fourth-order valence-electron chi connectivity index (χ4n) is 1.50. The molecule has 132 valence electrons. The molecule has 5 N–H and O–H groups in total. The minimum Gasteiger partial charge on any atom is -0.481 e. The van der Waals surface area contributed by atoms with Gasteiger partial charge in [-0.3, -0.25) is 14.4 Å². The van der Waals surface area contributed by atoms with E-state index in [-0.39, 0.29) is 6.10 Å². The van der Waals surface area contributed by atoms with Gasteiger partial charge in [-0.2, -0.15) is 0 Å². The monoisotopic (exact) mass is 331 g/mol. The first-order valence-electron chi connectivity index (χ1n) is 7.23. The minimum atomic E-state index is -2.17. The first kappa shape index (κ1) is 20.8. The largest absolute Gasteiger partial charge is 0.481 e. The predicted molar refractivity (Wildman–Crippen MR) is 81.0 cm³/mol. The average molecular weight is 331 g/mol. The zero-order chi connectivity index (χ0) is 18.4. The molecule has 0 rings (SSSR count). The standard InChI is InChI=1S/C14H25N3O6/c1-7(2)11(20)17-14(15,6-10(18)19)13(22)16-9(5)12(21)23-8(3)4/h7-9H,6,15H2,1-5H3,(H,16,22)(H,17,20)(H,18,19)/t9-,14+/m1/s1. The first-order valence-corrected chi connectivity index (χ1v) is 7.23. The number of aliphatic carboxylic acids is 1. The van der Waals surface area contributed by atoms with Gasteiger partial charge in [-0.05, 0) is 20.8 Å². The van der Waals surface area contributed by atoms with E-state index in [0.29, 0.717) is 0 Å². The second-order valence-corrected chi connectivity index (χ2v) is 5.87. The number of rotatable bonds is 8. The van der Waals surface area contributed by atoms with E-state index < -0.39 is 47.8 Å². The fraction of sp³-hybridized carbons (Fsp3) is 0.714. The molecule has 9 nitrogen and oxygen atoms in total. The lowest BCUT2D eigenvalue weighted by molar-refractivity contribution is -0.152. The van der Waals surface area contributed by atoms with Gasteiger partial charge in [-0.1, -0.05) is 13.8 Å². The van der Waals surface area contributed by atoms with E-state index in [0.717, 1.165) is 0 Å².